The molecule has 4 rings (SSSR count). The van der Waals surface area contributed by atoms with Crippen LogP contribution in [0.15, 0.2) is 115 Å². The molecule has 1 fully saturated rings. The van der Waals surface area contributed by atoms with Gasteiger partial charge in [-0.25, -0.2) is 0 Å². The van der Waals surface area contributed by atoms with Gasteiger partial charge in [0.25, 0.3) is 0 Å². The fourth-order valence-electron chi connectivity index (χ4n) is 4.86. The molecule has 0 heterocycles. The zero-order valence-electron chi connectivity index (χ0n) is 20.6. The zero-order valence-corrected chi connectivity index (χ0v) is 20.6. The highest BCUT2D eigenvalue weighted by molar-refractivity contribution is 5.24. The Kier molecular flexibility index (Phi) is 9.47. The Balaban J connectivity index is 1.45. The molecule has 3 heteroatoms. The standard InChI is InChI=1S/C32H37NO2/c1-2-3-19-30-20-32(25-34-23-28-15-9-5-10-16-28,26-35-24-29-17-11-6-12-18-29)21-31(30)33-22-27-13-7-4-8-14-27/h2,4-19,31,33H,1,3,20-26H2/b30-19-. The van der Waals surface area contributed by atoms with E-state index in [1.807, 2.05) is 18.2 Å². The van der Waals surface area contributed by atoms with Gasteiger partial charge in [0.15, 0.2) is 0 Å². The average molecular weight is 468 g/mol. The fraction of sp³-hybridized carbons (Fsp3) is 0.312. The molecule has 1 unspecified atom stereocenters. The summed E-state index contributed by atoms with van der Waals surface area (Å²) < 4.78 is 12.6. The summed E-state index contributed by atoms with van der Waals surface area (Å²) in [6.07, 6.45) is 7.15. The van der Waals surface area contributed by atoms with Crippen molar-refractivity contribution >= 4 is 0 Å². The lowest BCUT2D eigenvalue weighted by Crippen LogP contribution is -2.33. The topological polar surface area (TPSA) is 30.5 Å². The highest BCUT2D eigenvalue weighted by Gasteiger charge is 2.42. The molecule has 1 N–H and O–H groups in total. The van der Waals surface area contributed by atoms with Gasteiger partial charge >= 0.3 is 0 Å². The van der Waals surface area contributed by atoms with Crippen LogP contribution < -0.4 is 5.32 Å². The van der Waals surface area contributed by atoms with Crippen LogP contribution in [0.25, 0.3) is 0 Å². The molecule has 3 aromatic rings. The van der Waals surface area contributed by atoms with Gasteiger partial charge in [0.2, 0.25) is 0 Å². The first kappa shape index (κ1) is 25.1. The van der Waals surface area contributed by atoms with E-state index in [0.717, 1.165) is 25.8 Å². The van der Waals surface area contributed by atoms with E-state index in [1.165, 1.54) is 22.3 Å². The van der Waals surface area contributed by atoms with Gasteiger partial charge in [0, 0.05) is 18.0 Å². The number of ether oxygens (including phenoxy) is 2. The smallest absolute Gasteiger partial charge is 0.0717 e. The van der Waals surface area contributed by atoms with Crippen molar-refractivity contribution in [3.05, 3.63) is 132 Å². The van der Waals surface area contributed by atoms with E-state index < -0.39 is 0 Å². The summed E-state index contributed by atoms with van der Waals surface area (Å²) in [5.74, 6) is 0. The lowest BCUT2D eigenvalue weighted by molar-refractivity contribution is -0.0297. The van der Waals surface area contributed by atoms with Gasteiger partial charge in [-0.05, 0) is 36.0 Å². The van der Waals surface area contributed by atoms with E-state index in [0.29, 0.717) is 32.5 Å². The molecule has 0 bridgehead atoms. The maximum Gasteiger partial charge on any atom is 0.0717 e. The first-order valence-corrected chi connectivity index (χ1v) is 12.6. The third kappa shape index (κ3) is 7.76. The quantitative estimate of drug-likeness (QED) is 0.279. The number of rotatable bonds is 13. The molecule has 0 radical (unpaired) electrons. The first-order chi connectivity index (χ1) is 17.3. The lowest BCUT2D eigenvalue weighted by atomic mass is 9.87. The van der Waals surface area contributed by atoms with Crippen molar-refractivity contribution in [2.45, 2.75) is 45.1 Å². The van der Waals surface area contributed by atoms with E-state index in [1.54, 1.807) is 0 Å². The number of hydrogen-bond acceptors (Lipinski definition) is 3. The number of benzene rings is 3. The van der Waals surface area contributed by atoms with Crippen molar-refractivity contribution in [2.24, 2.45) is 5.41 Å². The molecule has 182 valence electrons. The van der Waals surface area contributed by atoms with E-state index >= 15 is 0 Å². The predicted molar refractivity (Wildman–Crippen MR) is 144 cm³/mol. The van der Waals surface area contributed by atoms with Gasteiger partial charge in [-0.1, -0.05) is 109 Å². The van der Waals surface area contributed by atoms with Gasteiger partial charge in [0.1, 0.15) is 0 Å². The summed E-state index contributed by atoms with van der Waals surface area (Å²) in [7, 11) is 0. The predicted octanol–water partition coefficient (Wildman–Crippen LogP) is 6.86. The van der Waals surface area contributed by atoms with Crippen molar-refractivity contribution in [3.63, 3.8) is 0 Å². The third-order valence-corrected chi connectivity index (χ3v) is 6.65. The Hall–Kier alpha value is -2.98. The van der Waals surface area contributed by atoms with Crippen LogP contribution in [0.2, 0.25) is 0 Å². The van der Waals surface area contributed by atoms with E-state index in [2.05, 4.69) is 96.8 Å². The molecule has 0 aliphatic heterocycles. The second kappa shape index (κ2) is 13.2. The van der Waals surface area contributed by atoms with Crippen LogP contribution in [0.5, 0.6) is 0 Å². The molecule has 0 aromatic heterocycles. The summed E-state index contributed by atoms with van der Waals surface area (Å²) in [4.78, 5) is 0. The second-order valence-corrected chi connectivity index (χ2v) is 9.56. The van der Waals surface area contributed by atoms with Crippen LogP contribution in [0.3, 0.4) is 0 Å². The van der Waals surface area contributed by atoms with Crippen molar-refractivity contribution in [1.82, 2.24) is 5.32 Å². The number of allylic oxidation sites excluding steroid dienone is 2. The van der Waals surface area contributed by atoms with Crippen molar-refractivity contribution < 1.29 is 9.47 Å². The van der Waals surface area contributed by atoms with Crippen LogP contribution in [-0.2, 0) is 29.2 Å². The van der Waals surface area contributed by atoms with E-state index in [-0.39, 0.29) is 5.41 Å². The van der Waals surface area contributed by atoms with Crippen LogP contribution in [0.1, 0.15) is 36.0 Å². The second-order valence-electron chi connectivity index (χ2n) is 9.56. The number of nitrogens with one attached hydrogen (secondary N) is 1. The van der Waals surface area contributed by atoms with E-state index in [4.69, 9.17) is 9.47 Å². The Morgan fingerprint density at radius 1 is 0.771 bits per heavy atom. The van der Waals surface area contributed by atoms with E-state index in [9.17, 15) is 0 Å². The molecule has 0 amide bonds. The zero-order chi connectivity index (χ0) is 24.2. The molecular formula is C32H37NO2. The highest BCUT2D eigenvalue weighted by atomic mass is 16.5. The average Bonchev–Trinajstić information content (AvgIpc) is 3.25. The van der Waals surface area contributed by atoms with Crippen molar-refractivity contribution in [1.29, 1.82) is 0 Å². The SMILES string of the molecule is C=CC/C=C1/CC(COCc2ccccc2)(COCc2ccccc2)CC1NCc1ccccc1. The fourth-order valence-corrected chi connectivity index (χ4v) is 4.86. The molecule has 1 aliphatic carbocycles. The van der Waals surface area contributed by atoms with Gasteiger partial charge in [-0.15, -0.1) is 6.58 Å². The van der Waals surface area contributed by atoms with Gasteiger partial charge in [-0.3, -0.25) is 0 Å². The third-order valence-electron chi connectivity index (χ3n) is 6.65. The van der Waals surface area contributed by atoms with Crippen LogP contribution in [0, 0.1) is 5.41 Å². The molecule has 3 aromatic carbocycles. The molecule has 1 atom stereocenters. The molecular weight excluding hydrogens is 430 g/mol. The van der Waals surface area contributed by atoms with Gasteiger partial charge in [0.05, 0.1) is 26.4 Å². The first-order valence-electron chi connectivity index (χ1n) is 12.6. The molecule has 35 heavy (non-hydrogen) atoms. The molecule has 1 aliphatic rings. The Labute approximate surface area is 210 Å². The Morgan fingerprint density at radius 2 is 1.29 bits per heavy atom. The highest BCUT2D eigenvalue weighted by Crippen LogP contribution is 2.43. The largest absolute Gasteiger partial charge is 0.376 e. The number of hydrogen-bond donors (Lipinski definition) is 1. The van der Waals surface area contributed by atoms with Crippen molar-refractivity contribution in [2.75, 3.05) is 13.2 Å². The molecule has 0 saturated heterocycles. The Morgan fingerprint density at radius 3 is 1.80 bits per heavy atom. The normalized spacial score (nSPS) is 18.1. The maximum atomic E-state index is 6.32. The van der Waals surface area contributed by atoms with Gasteiger partial charge in [-0.2, -0.15) is 0 Å². The summed E-state index contributed by atoms with van der Waals surface area (Å²) >= 11 is 0. The lowest BCUT2D eigenvalue weighted by Gasteiger charge is -2.29. The minimum absolute atomic E-state index is 0.0646. The molecule has 3 nitrogen and oxygen atoms in total. The minimum atomic E-state index is -0.0646. The monoisotopic (exact) mass is 467 g/mol. The maximum absolute atomic E-state index is 6.32. The van der Waals surface area contributed by atoms with Crippen LogP contribution >= 0.6 is 0 Å². The molecule has 1 saturated carbocycles. The van der Waals surface area contributed by atoms with Crippen LogP contribution in [0.4, 0.5) is 0 Å². The minimum Gasteiger partial charge on any atom is -0.376 e. The van der Waals surface area contributed by atoms with Crippen LogP contribution in [-0.4, -0.2) is 19.3 Å². The summed E-state index contributed by atoms with van der Waals surface area (Å²) in [6, 6.07) is 31.7. The summed E-state index contributed by atoms with van der Waals surface area (Å²) in [5.41, 5.74) is 5.07. The van der Waals surface area contributed by atoms with Crippen molar-refractivity contribution in [3.8, 4) is 0 Å². The van der Waals surface area contributed by atoms with Gasteiger partial charge < -0.3 is 14.8 Å². The summed E-state index contributed by atoms with van der Waals surface area (Å²) in [5, 5.41) is 3.81. The molecule has 0 spiro atoms. The Bertz CT molecular complexity index is 1000. The summed E-state index contributed by atoms with van der Waals surface area (Å²) in [6.45, 7) is 7.36.